The van der Waals surface area contributed by atoms with Crippen LogP contribution in [0.25, 0.3) is 0 Å². The Kier molecular flexibility index (Phi) is 5.52. The van der Waals surface area contributed by atoms with Crippen molar-refractivity contribution in [2.24, 2.45) is 5.92 Å². The highest BCUT2D eigenvalue weighted by atomic mass is 35.5. The summed E-state index contributed by atoms with van der Waals surface area (Å²) in [6, 6.07) is 8.39. The van der Waals surface area contributed by atoms with Crippen LogP contribution < -0.4 is 5.32 Å². The van der Waals surface area contributed by atoms with E-state index in [0.717, 1.165) is 24.0 Å². The van der Waals surface area contributed by atoms with Crippen molar-refractivity contribution in [1.29, 1.82) is 0 Å². The third-order valence-corrected chi connectivity index (χ3v) is 4.39. The third-order valence-electron chi connectivity index (χ3n) is 4.05. The average Bonchev–Trinajstić information content (AvgIpc) is 2.40. The first-order valence-electron chi connectivity index (χ1n) is 7.28. The summed E-state index contributed by atoms with van der Waals surface area (Å²) in [6.07, 6.45) is 6.57. The van der Waals surface area contributed by atoms with Crippen LogP contribution in [-0.4, -0.2) is 13.1 Å². The summed E-state index contributed by atoms with van der Waals surface area (Å²) in [4.78, 5) is 0. The molecule has 1 nitrogen and oxygen atoms in total. The zero-order valence-corrected chi connectivity index (χ0v) is 12.0. The lowest BCUT2D eigenvalue weighted by Gasteiger charge is -2.32. The van der Waals surface area contributed by atoms with Crippen LogP contribution in [0.15, 0.2) is 24.3 Å². The smallest absolute Gasteiger partial charge is 0.0440 e. The molecule has 1 fully saturated rings. The molecule has 0 spiro atoms. The van der Waals surface area contributed by atoms with Gasteiger partial charge in [0.2, 0.25) is 0 Å². The fourth-order valence-electron chi connectivity index (χ4n) is 3.10. The molecule has 1 aliphatic rings. The molecule has 1 aromatic rings. The van der Waals surface area contributed by atoms with E-state index < -0.39 is 0 Å². The molecule has 0 aliphatic heterocycles. The Bertz CT molecular complexity index is 364. The molecule has 1 N–H and O–H groups in total. The lowest BCUT2D eigenvalue weighted by molar-refractivity contribution is 0.296. The van der Waals surface area contributed by atoms with Crippen LogP contribution in [0.3, 0.4) is 0 Å². The lowest BCUT2D eigenvalue weighted by Crippen LogP contribution is -2.30. The average molecular weight is 266 g/mol. The molecule has 100 valence electrons. The number of rotatable bonds is 5. The Labute approximate surface area is 116 Å². The van der Waals surface area contributed by atoms with E-state index >= 15 is 0 Å². The van der Waals surface area contributed by atoms with Crippen molar-refractivity contribution in [1.82, 2.24) is 5.32 Å². The first-order chi connectivity index (χ1) is 8.83. The van der Waals surface area contributed by atoms with E-state index in [0.29, 0.717) is 5.92 Å². The summed E-state index contributed by atoms with van der Waals surface area (Å²) in [7, 11) is 0. The lowest BCUT2D eigenvalue weighted by atomic mass is 9.75. The minimum absolute atomic E-state index is 0.650. The molecule has 2 atom stereocenters. The molecular weight excluding hydrogens is 242 g/mol. The Morgan fingerprint density at radius 2 is 2.00 bits per heavy atom. The number of nitrogens with one attached hydrogen (secondary N) is 1. The van der Waals surface area contributed by atoms with Crippen molar-refractivity contribution < 1.29 is 0 Å². The van der Waals surface area contributed by atoms with Crippen molar-refractivity contribution in [3.05, 3.63) is 34.9 Å². The van der Waals surface area contributed by atoms with E-state index in [4.69, 9.17) is 11.6 Å². The zero-order valence-electron chi connectivity index (χ0n) is 11.3. The van der Waals surface area contributed by atoms with Gasteiger partial charge in [0.05, 0.1) is 0 Å². The van der Waals surface area contributed by atoms with Gasteiger partial charge in [0.15, 0.2) is 0 Å². The van der Waals surface area contributed by atoms with E-state index in [9.17, 15) is 0 Å². The molecule has 1 aliphatic carbocycles. The van der Waals surface area contributed by atoms with Gasteiger partial charge in [-0.2, -0.15) is 0 Å². The van der Waals surface area contributed by atoms with E-state index in [1.54, 1.807) is 0 Å². The normalized spacial score (nSPS) is 24.1. The molecule has 0 saturated heterocycles. The first kappa shape index (κ1) is 13.9. The molecule has 0 bridgehead atoms. The van der Waals surface area contributed by atoms with Crippen LogP contribution in [0.2, 0.25) is 5.02 Å². The highest BCUT2D eigenvalue weighted by Gasteiger charge is 2.27. The predicted molar refractivity (Wildman–Crippen MR) is 79.3 cm³/mol. The SMILES string of the molecule is CCCNCC1CCCCC1c1ccccc1Cl. The van der Waals surface area contributed by atoms with Gasteiger partial charge in [-0.1, -0.05) is 49.6 Å². The minimum Gasteiger partial charge on any atom is -0.316 e. The number of hydrogen-bond acceptors (Lipinski definition) is 1. The molecule has 1 aromatic carbocycles. The van der Waals surface area contributed by atoms with Gasteiger partial charge in [-0.3, -0.25) is 0 Å². The maximum Gasteiger partial charge on any atom is 0.0440 e. The maximum absolute atomic E-state index is 6.36. The van der Waals surface area contributed by atoms with Crippen LogP contribution >= 0.6 is 11.6 Å². The maximum atomic E-state index is 6.36. The quantitative estimate of drug-likeness (QED) is 0.767. The van der Waals surface area contributed by atoms with E-state index in [2.05, 4.69) is 24.4 Å². The summed E-state index contributed by atoms with van der Waals surface area (Å²) < 4.78 is 0. The van der Waals surface area contributed by atoms with Crippen LogP contribution in [0.1, 0.15) is 50.5 Å². The van der Waals surface area contributed by atoms with Crippen molar-refractivity contribution in [2.45, 2.75) is 44.9 Å². The van der Waals surface area contributed by atoms with Crippen LogP contribution in [0, 0.1) is 5.92 Å². The topological polar surface area (TPSA) is 12.0 Å². The second-order valence-electron chi connectivity index (χ2n) is 5.38. The summed E-state index contributed by atoms with van der Waals surface area (Å²) in [6.45, 7) is 4.49. The van der Waals surface area contributed by atoms with Crippen molar-refractivity contribution in [3.8, 4) is 0 Å². The highest BCUT2D eigenvalue weighted by molar-refractivity contribution is 6.31. The van der Waals surface area contributed by atoms with Gasteiger partial charge >= 0.3 is 0 Å². The monoisotopic (exact) mass is 265 g/mol. The van der Waals surface area contributed by atoms with Gasteiger partial charge in [-0.15, -0.1) is 0 Å². The molecule has 0 amide bonds. The van der Waals surface area contributed by atoms with Gasteiger partial charge in [0.25, 0.3) is 0 Å². The van der Waals surface area contributed by atoms with Gasteiger partial charge in [-0.25, -0.2) is 0 Å². The van der Waals surface area contributed by atoms with Gasteiger partial charge in [-0.05, 0) is 55.8 Å². The molecule has 18 heavy (non-hydrogen) atoms. The number of hydrogen-bond donors (Lipinski definition) is 1. The fraction of sp³-hybridized carbons (Fsp3) is 0.625. The zero-order chi connectivity index (χ0) is 12.8. The van der Waals surface area contributed by atoms with Crippen molar-refractivity contribution in [2.75, 3.05) is 13.1 Å². The summed E-state index contributed by atoms with van der Waals surface area (Å²) >= 11 is 6.36. The molecule has 1 saturated carbocycles. The molecule has 0 heterocycles. The Morgan fingerprint density at radius 3 is 2.78 bits per heavy atom. The predicted octanol–water partition coefficient (Wildman–Crippen LogP) is 4.61. The third kappa shape index (κ3) is 3.49. The van der Waals surface area contributed by atoms with E-state index in [1.165, 1.54) is 37.7 Å². The summed E-state index contributed by atoms with van der Waals surface area (Å²) in [5, 5.41) is 4.53. The van der Waals surface area contributed by atoms with Crippen molar-refractivity contribution >= 4 is 11.6 Å². The van der Waals surface area contributed by atoms with Crippen molar-refractivity contribution in [3.63, 3.8) is 0 Å². The summed E-state index contributed by atoms with van der Waals surface area (Å²) in [5.41, 5.74) is 1.36. The van der Waals surface area contributed by atoms with Crippen LogP contribution in [0.5, 0.6) is 0 Å². The standard InChI is InChI=1S/C16H24ClN/c1-2-11-18-12-13-7-3-4-8-14(13)15-9-5-6-10-16(15)17/h5-6,9-10,13-14,18H,2-4,7-8,11-12H2,1H3. The molecule has 2 unspecified atom stereocenters. The van der Waals surface area contributed by atoms with E-state index in [1.807, 2.05) is 12.1 Å². The number of halogens is 1. The first-order valence-corrected chi connectivity index (χ1v) is 7.66. The molecule has 0 radical (unpaired) electrons. The number of benzene rings is 1. The van der Waals surface area contributed by atoms with Crippen LogP contribution in [0.4, 0.5) is 0 Å². The summed E-state index contributed by atoms with van der Waals surface area (Å²) in [5.74, 6) is 1.40. The largest absolute Gasteiger partial charge is 0.316 e. The highest BCUT2D eigenvalue weighted by Crippen LogP contribution is 2.40. The van der Waals surface area contributed by atoms with Gasteiger partial charge in [0.1, 0.15) is 0 Å². The van der Waals surface area contributed by atoms with E-state index in [-0.39, 0.29) is 0 Å². The van der Waals surface area contributed by atoms with Gasteiger partial charge in [0, 0.05) is 5.02 Å². The Balaban J connectivity index is 2.05. The Morgan fingerprint density at radius 1 is 1.22 bits per heavy atom. The second kappa shape index (κ2) is 7.16. The Hall–Kier alpha value is -0.530. The van der Waals surface area contributed by atoms with Gasteiger partial charge < -0.3 is 5.32 Å². The molecule has 2 heteroatoms. The van der Waals surface area contributed by atoms with Crippen LogP contribution in [-0.2, 0) is 0 Å². The molecular formula is C16H24ClN. The fourth-order valence-corrected chi connectivity index (χ4v) is 3.38. The molecule has 0 aromatic heterocycles. The molecule has 2 rings (SSSR count). The second-order valence-corrected chi connectivity index (χ2v) is 5.78. The minimum atomic E-state index is 0.650.